The van der Waals surface area contributed by atoms with Gasteiger partial charge in [-0.05, 0) is 35.4 Å². The number of anilines is 1. The van der Waals surface area contributed by atoms with E-state index in [2.05, 4.69) is 27.1 Å². The molecule has 0 saturated carbocycles. The topological polar surface area (TPSA) is 89.6 Å². The maximum Gasteiger partial charge on any atom is 0.240 e. The lowest BCUT2D eigenvalue weighted by Crippen LogP contribution is -2.31. The van der Waals surface area contributed by atoms with Crippen molar-refractivity contribution in [2.24, 2.45) is 16.1 Å². The van der Waals surface area contributed by atoms with E-state index in [9.17, 15) is 4.79 Å². The average molecular weight is 331 g/mol. The molecule has 25 heavy (non-hydrogen) atoms. The lowest BCUT2D eigenvalue weighted by molar-refractivity contribution is -0.121. The third-order valence-electron chi connectivity index (χ3n) is 3.89. The minimum Gasteiger partial charge on any atom is -0.279 e. The SMILES string of the molecule is CC1CC(=O)NN=C1c1ccc(NN=Cc2ccc(C#N)cc2)cc1. The summed E-state index contributed by atoms with van der Waals surface area (Å²) >= 11 is 0. The molecule has 3 rings (SSSR count). The molecular formula is C19H17N5O. The van der Waals surface area contributed by atoms with E-state index in [0.29, 0.717) is 12.0 Å². The molecule has 6 nitrogen and oxygen atoms in total. The summed E-state index contributed by atoms with van der Waals surface area (Å²) in [6.07, 6.45) is 2.14. The fraction of sp³-hybridized carbons (Fsp3) is 0.158. The van der Waals surface area contributed by atoms with E-state index in [1.54, 1.807) is 18.3 Å². The van der Waals surface area contributed by atoms with Crippen LogP contribution in [0.15, 0.2) is 58.7 Å². The van der Waals surface area contributed by atoms with E-state index >= 15 is 0 Å². The summed E-state index contributed by atoms with van der Waals surface area (Å²) in [6, 6.07) is 17.0. The van der Waals surface area contributed by atoms with Gasteiger partial charge in [0.15, 0.2) is 0 Å². The molecule has 0 spiro atoms. The second-order valence-electron chi connectivity index (χ2n) is 5.82. The Morgan fingerprint density at radius 3 is 2.60 bits per heavy atom. The monoisotopic (exact) mass is 331 g/mol. The van der Waals surface area contributed by atoms with Crippen LogP contribution in [0.25, 0.3) is 0 Å². The number of hydrogen-bond acceptors (Lipinski definition) is 5. The smallest absolute Gasteiger partial charge is 0.240 e. The van der Waals surface area contributed by atoms with Crippen LogP contribution in [0.5, 0.6) is 0 Å². The van der Waals surface area contributed by atoms with Crippen molar-refractivity contribution in [3.8, 4) is 6.07 Å². The highest BCUT2D eigenvalue weighted by Gasteiger charge is 2.21. The highest BCUT2D eigenvalue weighted by Crippen LogP contribution is 2.18. The second-order valence-corrected chi connectivity index (χ2v) is 5.82. The summed E-state index contributed by atoms with van der Waals surface area (Å²) in [5, 5.41) is 17.1. The molecule has 1 aliphatic rings. The van der Waals surface area contributed by atoms with Crippen LogP contribution in [0.4, 0.5) is 5.69 Å². The summed E-state index contributed by atoms with van der Waals surface area (Å²) in [5.74, 6) is 0.0497. The Bertz CT molecular complexity index is 860. The van der Waals surface area contributed by atoms with Crippen molar-refractivity contribution < 1.29 is 4.79 Å². The van der Waals surface area contributed by atoms with Crippen LogP contribution < -0.4 is 10.9 Å². The Kier molecular flexibility index (Phi) is 4.86. The van der Waals surface area contributed by atoms with Gasteiger partial charge in [-0.3, -0.25) is 10.2 Å². The molecule has 0 aromatic heterocycles. The third-order valence-corrected chi connectivity index (χ3v) is 3.89. The van der Waals surface area contributed by atoms with Gasteiger partial charge >= 0.3 is 0 Å². The molecule has 1 atom stereocenters. The van der Waals surface area contributed by atoms with E-state index in [4.69, 9.17) is 5.26 Å². The molecule has 1 aliphatic heterocycles. The zero-order chi connectivity index (χ0) is 17.6. The van der Waals surface area contributed by atoms with Crippen molar-refractivity contribution in [1.29, 1.82) is 5.26 Å². The number of carbonyl (C=O) groups excluding carboxylic acids is 1. The first-order chi connectivity index (χ1) is 12.2. The largest absolute Gasteiger partial charge is 0.279 e. The number of nitrogens with one attached hydrogen (secondary N) is 2. The van der Waals surface area contributed by atoms with Crippen LogP contribution in [-0.4, -0.2) is 17.8 Å². The van der Waals surface area contributed by atoms with E-state index in [-0.39, 0.29) is 11.8 Å². The minimum absolute atomic E-state index is 0.0494. The normalized spacial score (nSPS) is 16.9. The summed E-state index contributed by atoms with van der Waals surface area (Å²) in [4.78, 5) is 11.3. The van der Waals surface area contributed by atoms with Crippen LogP contribution >= 0.6 is 0 Å². The van der Waals surface area contributed by atoms with Gasteiger partial charge in [-0.2, -0.15) is 15.5 Å². The number of amides is 1. The number of carbonyl (C=O) groups is 1. The van der Waals surface area contributed by atoms with Gasteiger partial charge in [0.1, 0.15) is 0 Å². The number of rotatable bonds is 4. The van der Waals surface area contributed by atoms with Gasteiger partial charge in [-0.1, -0.05) is 31.2 Å². The van der Waals surface area contributed by atoms with Crippen molar-refractivity contribution in [3.05, 3.63) is 65.2 Å². The van der Waals surface area contributed by atoms with Gasteiger partial charge < -0.3 is 0 Å². The molecule has 1 amide bonds. The van der Waals surface area contributed by atoms with Gasteiger partial charge in [-0.25, -0.2) is 5.43 Å². The molecule has 2 aromatic carbocycles. The third kappa shape index (κ3) is 4.09. The summed E-state index contributed by atoms with van der Waals surface area (Å²) in [6.45, 7) is 1.99. The molecule has 1 unspecified atom stereocenters. The fourth-order valence-electron chi connectivity index (χ4n) is 2.54. The Labute approximate surface area is 145 Å². The lowest BCUT2D eigenvalue weighted by atomic mass is 9.94. The fourth-order valence-corrected chi connectivity index (χ4v) is 2.54. The van der Waals surface area contributed by atoms with Crippen LogP contribution in [0.1, 0.15) is 30.0 Å². The van der Waals surface area contributed by atoms with E-state index in [1.165, 1.54) is 0 Å². The number of hydrogen-bond donors (Lipinski definition) is 2. The lowest BCUT2D eigenvalue weighted by Gasteiger charge is -2.19. The van der Waals surface area contributed by atoms with Crippen molar-refractivity contribution in [2.75, 3.05) is 5.43 Å². The molecule has 0 aliphatic carbocycles. The van der Waals surface area contributed by atoms with Crippen LogP contribution in [-0.2, 0) is 4.79 Å². The standard InChI is InChI=1S/C19H17N5O/c1-13-10-18(25)23-24-19(13)16-6-8-17(9-7-16)22-21-12-15-4-2-14(11-20)3-5-15/h2-9,12-13,22H,10H2,1H3,(H,23,25). The Morgan fingerprint density at radius 2 is 1.96 bits per heavy atom. The predicted molar refractivity (Wildman–Crippen MR) is 97.3 cm³/mol. The molecule has 124 valence electrons. The molecular weight excluding hydrogens is 314 g/mol. The number of hydrazone groups is 2. The zero-order valence-corrected chi connectivity index (χ0v) is 13.7. The maximum absolute atomic E-state index is 11.3. The van der Waals surface area contributed by atoms with Crippen molar-refractivity contribution in [3.63, 3.8) is 0 Å². The second kappa shape index (κ2) is 7.41. The van der Waals surface area contributed by atoms with Gasteiger partial charge in [0.2, 0.25) is 5.91 Å². The molecule has 0 fully saturated rings. The average Bonchev–Trinajstić information content (AvgIpc) is 2.63. The minimum atomic E-state index is -0.0494. The van der Waals surface area contributed by atoms with Crippen LogP contribution in [0.2, 0.25) is 0 Å². The molecule has 2 aromatic rings. The van der Waals surface area contributed by atoms with E-state index in [0.717, 1.165) is 22.5 Å². The number of nitriles is 1. The highest BCUT2D eigenvalue weighted by atomic mass is 16.2. The molecule has 0 bridgehead atoms. The highest BCUT2D eigenvalue weighted by molar-refractivity contribution is 6.05. The van der Waals surface area contributed by atoms with Gasteiger partial charge in [-0.15, -0.1) is 0 Å². The van der Waals surface area contributed by atoms with Crippen molar-refractivity contribution >= 4 is 23.5 Å². The van der Waals surface area contributed by atoms with Gasteiger partial charge in [0.05, 0.1) is 29.2 Å². The quantitative estimate of drug-likeness (QED) is 0.667. The molecule has 0 saturated heterocycles. The number of nitrogens with zero attached hydrogens (tertiary/aromatic N) is 3. The summed E-state index contributed by atoms with van der Waals surface area (Å²) in [7, 11) is 0. The first-order valence-corrected chi connectivity index (χ1v) is 7.92. The zero-order valence-electron chi connectivity index (χ0n) is 13.7. The van der Waals surface area contributed by atoms with Gasteiger partial charge in [0, 0.05) is 12.3 Å². The summed E-state index contributed by atoms with van der Waals surface area (Å²) in [5.41, 5.74) is 9.73. The van der Waals surface area contributed by atoms with Crippen LogP contribution in [0, 0.1) is 17.2 Å². The molecule has 0 radical (unpaired) electrons. The van der Waals surface area contributed by atoms with Crippen molar-refractivity contribution in [1.82, 2.24) is 5.43 Å². The first kappa shape index (κ1) is 16.4. The number of benzene rings is 2. The molecule has 2 N–H and O–H groups in total. The maximum atomic E-state index is 11.3. The summed E-state index contributed by atoms with van der Waals surface area (Å²) < 4.78 is 0. The Morgan fingerprint density at radius 1 is 1.24 bits per heavy atom. The molecule has 1 heterocycles. The Hall–Kier alpha value is -3.46. The predicted octanol–water partition coefficient (Wildman–Crippen LogP) is 2.86. The van der Waals surface area contributed by atoms with E-state index < -0.39 is 0 Å². The van der Waals surface area contributed by atoms with Crippen LogP contribution in [0.3, 0.4) is 0 Å². The van der Waals surface area contributed by atoms with Crippen molar-refractivity contribution in [2.45, 2.75) is 13.3 Å². The Balaban J connectivity index is 1.63. The molecule has 6 heteroatoms. The first-order valence-electron chi connectivity index (χ1n) is 7.92. The van der Waals surface area contributed by atoms with Gasteiger partial charge in [0.25, 0.3) is 0 Å². The van der Waals surface area contributed by atoms with E-state index in [1.807, 2.05) is 43.3 Å².